The van der Waals surface area contributed by atoms with Gasteiger partial charge >= 0.3 is 6.18 Å². The third-order valence-electron chi connectivity index (χ3n) is 2.63. The average molecular weight is 263 g/mol. The summed E-state index contributed by atoms with van der Waals surface area (Å²) in [5.74, 6) is -0.0923. The second-order valence-electron chi connectivity index (χ2n) is 4.50. The summed E-state index contributed by atoms with van der Waals surface area (Å²) in [5.41, 5.74) is -0.993. The molecule has 1 heterocycles. The molecule has 0 aliphatic carbocycles. The van der Waals surface area contributed by atoms with Crippen LogP contribution in [0, 0.1) is 5.92 Å². The molecule has 18 heavy (non-hydrogen) atoms. The first-order valence-electron chi connectivity index (χ1n) is 5.60. The Morgan fingerprint density at radius 2 is 2.06 bits per heavy atom. The van der Waals surface area contributed by atoms with Crippen molar-refractivity contribution in [2.45, 2.75) is 39.5 Å². The van der Waals surface area contributed by atoms with Gasteiger partial charge in [-0.05, 0) is 18.9 Å². The number of nitrogens with zero attached hydrogens (tertiary/aromatic N) is 2. The van der Waals surface area contributed by atoms with Gasteiger partial charge in [-0.3, -0.25) is 9.48 Å². The van der Waals surface area contributed by atoms with Crippen molar-refractivity contribution < 1.29 is 18.0 Å². The first-order chi connectivity index (χ1) is 8.20. The van der Waals surface area contributed by atoms with E-state index in [-0.39, 0.29) is 24.4 Å². The van der Waals surface area contributed by atoms with Crippen molar-refractivity contribution >= 4 is 5.91 Å². The number of rotatable bonds is 4. The molecule has 0 spiro atoms. The first-order valence-corrected chi connectivity index (χ1v) is 5.60. The Labute approximate surface area is 103 Å². The van der Waals surface area contributed by atoms with E-state index in [1.54, 1.807) is 0 Å². The summed E-state index contributed by atoms with van der Waals surface area (Å²) in [7, 11) is 0. The lowest BCUT2D eigenvalue weighted by Gasteiger charge is -2.17. The van der Waals surface area contributed by atoms with Gasteiger partial charge in [-0.15, -0.1) is 0 Å². The highest BCUT2D eigenvalue weighted by atomic mass is 19.4. The molecule has 0 saturated heterocycles. The van der Waals surface area contributed by atoms with Crippen molar-refractivity contribution in [1.82, 2.24) is 15.1 Å². The summed E-state index contributed by atoms with van der Waals surface area (Å²) in [5, 5.41) is 6.00. The van der Waals surface area contributed by atoms with Crippen molar-refractivity contribution in [2.75, 3.05) is 0 Å². The van der Waals surface area contributed by atoms with Gasteiger partial charge in [-0.2, -0.15) is 18.3 Å². The van der Waals surface area contributed by atoms with Crippen LogP contribution in [0.1, 0.15) is 26.5 Å². The number of hydrogen-bond donors (Lipinski definition) is 1. The Morgan fingerprint density at radius 1 is 1.44 bits per heavy atom. The Bertz CT molecular complexity index is 412. The summed E-state index contributed by atoms with van der Waals surface area (Å²) in [4.78, 5) is 11.5. The number of carbonyl (C=O) groups is 1. The van der Waals surface area contributed by atoms with Crippen molar-refractivity contribution in [3.05, 3.63) is 18.0 Å². The zero-order valence-electron chi connectivity index (χ0n) is 10.5. The average Bonchev–Trinajstić information content (AvgIpc) is 2.64. The van der Waals surface area contributed by atoms with Crippen LogP contribution in [0.4, 0.5) is 13.2 Å². The standard InChI is InChI=1S/C11H16F3N3O/c1-7(2)8(3)15-10(18)6-17-5-4-9(16-17)11(12,13)14/h4-5,7-8H,6H2,1-3H3,(H,15,18)/t8-/m0/s1. The highest BCUT2D eigenvalue weighted by Gasteiger charge is 2.33. The summed E-state index contributed by atoms with van der Waals surface area (Å²) in [6.45, 7) is 5.52. The zero-order valence-corrected chi connectivity index (χ0v) is 10.5. The third-order valence-corrected chi connectivity index (χ3v) is 2.63. The molecule has 1 aromatic rings. The SMILES string of the molecule is CC(C)[C@H](C)NC(=O)Cn1ccc(C(F)(F)F)n1. The van der Waals surface area contributed by atoms with E-state index in [2.05, 4.69) is 10.4 Å². The molecule has 7 heteroatoms. The molecule has 1 aromatic heterocycles. The fraction of sp³-hybridized carbons (Fsp3) is 0.636. The Kier molecular flexibility index (Phi) is 4.37. The molecule has 1 rings (SSSR count). The summed E-state index contributed by atoms with van der Waals surface area (Å²) in [6.07, 6.45) is -3.34. The minimum atomic E-state index is -4.48. The van der Waals surface area contributed by atoms with Gasteiger partial charge in [0.05, 0.1) is 0 Å². The van der Waals surface area contributed by atoms with Crippen LogP contribution in [0.2, 0.25) is 0 Å². The van der Waals surface area contributed by atoms with Crippen LogP contribution in [0.5, 0.6) is 0 Å². The molecule has 0 aliphatic heterocycles. The Morgan fingerprint density at radius 3 is 2.50 bits per heavy atom. The predicted molar refractivity (Wildman–Crippen MR) is 59.7 cm³/mol. The van der Waals surface area contributed by atoms with E-state index in [4.69, 9.17) is 0 Å². The number of halogens is 3. The van der Waals surface area contributed by atoms with Gasteiger partial charge in [0.15, 0.2) is 5.69 Å². The number of carbonyl (C=O) groups excluding carboxylic acids is 1. The number of hydrogen-bond acceptors (Lipinski definition) is 2. The largest absolute Gasteiger partial charge is 0.435 e. The predicted octanol–water partition coefficient (Wildman–Crippen LogP) is 2.06. The van der Waals surface area contributed by atoms with E-state index in [0.717, 1.165) is 16.9 Å². The fourth-order valence-electron chi connectivity index (χ4n) is 1.21. The lowest BCUT2D eigenvalue weighted by molar-refractivity contribution is -0.141. The van der Waals surface area contributed by atoms with Crippen LogP contribution in [0.15, 0.2) is 12.3 Å². The topological polar surface area (TPSA) is 46.9 Å². The minimum Gasteiger partial charge on any atom is -0.352 e. The maximum atomic E-state index is 12.3. The van der Waals surface area contributed by atoms with E-state index in [1.165, 1.54) is 0 Å². The van der Waals surface area contributed by atoms with Gasteiger partial charge < -0.3 is 5.32 Å². The minimum absolute atomic E-state index is 0.0323. The molecule has 4 nitrogen and oxygen atoms in total. The number of aromatic nitrogens is 2. The highest BCUT2D eigenvalue weighted by molar-refractivity contribution is 5.75. The van der Waals surface area contributed by atoms with E-state index < -0.39 is 11.9 Å². The second kappa shape index (κ2) is 5.41. The van der Waals surface area contributed by atoms with Gasteiger partial charge in [0.2, 0.25) is 5.91 Å². The molecule has 102 valence electrons. The van der Waals surface area contributed by atoms with Crippen LogP contribution < -0.4 is 5.32 Å². The molecule has 0 radical (unpaired) electrons. The van der Waals surface area contributed by atoms with Crippen molar-refractivity contribution in [3.8, 4) is 0 Å². The normalized spacial score (nSPS) is 13.7. The quantitative estimate of drug-likeness (QED) is 0.903. The highest BCUT2D eigenvalue weighted by Crippen LogP contribution is 2.27. The van der Waals surface area contributed by atoms with Crippen LogP contribution in [-0.2, 0) is 17.5 Å². The van der Waals surface area contributed by atoms with Gasteiger partial charge in [0, 0.05) is 12.2 Å². The van der Waals surface area contributed by atoms with Crippen molar-refractivity contribution in [2.24, 2.45) is 5.92 Å². The molecule has 0 saturated carbocycles. The van der Waals surface area contributed by atoms with E-state index in [0.29, 0.717) is 0 Å². The van der Waals surface area contributed by atoms with E-state index in [9.17, 15) is 18.0 Å². The fourth-order valence-corrected chi connectivity index (χ4v) is 1.21. The molecule has 0 aliphatic rings. The number of nitrogens with one attached hydrogen (secondary N) is 1. The van der Waals surface area contributed by atoms with Crippen molar-refractivity contribution in [3.63, 3.8) is 0 Å². The molecule has 1 atom stereocenters. The smallest absolute Gasteiger partial charge is 0.352 e. The van der Waals surface area contributed by atoms with Crippen LogP contribution in [0.25, 0.3) is 0 Å². The van der Waals surface area contributed by atoms with Gasteiger partial charge in [-0.1, -0.05) is 13.8 Å². The first kappa shape index (κ1) is 14.5. The number of alkyl halides is 3. The Balaban J connectivity index is 2.58. The van der Waals surface area contributed by atoms with Gasteiger partial charge in [0.1, 0.15) is 6.54 Å². The molecule has 0 unspecified atom stereocenters. The summed E-state index contributed by atoms with van der Waals surface area (Å²) in [6, 6.07) is 0.814. The molecule has 1 N–H and O–H groups in total. The molecular weight excluding hydrogens is 247 g/mol. The number of amides is 1. The maximum Gasteiger partial charge on any atom is 0.435 e. The zero-order chi connectivity index (χ0) is 13.9. The van der Waals surface area contributed by atoms with Gasteiger partial charge in [0.25, 0.3) is 0 Å². The second-order valence-corrected chi connectivity index (χ2v) is 4.50. The molecule has 0 aromatic carbocycles. The van der Waals surface area contributed by atoms with Crippen LogP contribution in [-0.4, -0.2) is 21.7 Å². The molecule has 1 amide bonds. The lowest BCUT2D eigenvalue weighted by Crippen LogP contribution is -2.38. The third kappa shape index (κ3) is 4.05. The Hall–Kier alpha value is -1.53. The lowest BCUT2D eigenvalue weighted by atomic mass is 10.1. The monoisotopic (exact) mass is 263 g/mol. The van der Waals surface area contributed by atoms with Crippen LogP contribution in [0.3, 0.4) is 0 Å². The molecule has 0 bridgehead atoms. The molecular formula is C11H16F3N3O. The van der Waals surface area contributed by atoms with Crippen molar-refractivity contribution in [1.29, 1.82) is 0 Å². The maximum absolute atomic E-state index is 12.3. The van der Waals surface area contributed by atoms with Gasteiger partial charge in [-0.25, -0.2) is 0 Å². The molecule has 0 fully saturated rings. The summed E-state index contributed by atoms with van der Waals surface area (Å²) < 4.78 is 37.8. The van der Waals surface area contributed by atoms with E-state index >= 15 is 0 Å². The van der Waals surface area contributed by atoms with Crippen LogP contribution >= 0.6 is 0 Å². The summed E-state index contributed by atoms with van der Waals surface area (Å²) >= 11 is 0. The van der Waals surface area contributed by atoms with E-state index in [1.807, 2.05) is 20.8 Å².